The van der Waals surface area contributed by atoms with Gasteiger partial charge in [-0.3, -0.25) is 4.99 Å². The first kappa shape index (κ1) is 17.2. The van der Waals surface area contributed by atoms with Crippen LogP contribution in [0, 0.1) is 11.7 Å². The molecule has 2 atom stereocenters. The smallest absolute Gasteiger partial charge is 0.154 e. The van der Waals surface area contributed by atoms with Gasteiger partial charge < -0.3 is 5.73 Å². The Labute approximate surface area is 160 Å². The van der Waals surface area contributed by atoms with Gasteiger partial charge in [0.25, 0.3) is 0 Å². The van der Waals surface area contributed by atoms with Gasteiger partial charge in [0, 0.05) is 21.4 Å². The Morgan fingerprint density at radius 2 is 1.88 bits per heavy atom. The molecule has 1 fully saturated rings. The summed E-state index contributed by atoms with van der Waals surface area (Å²) in [5.41, 5.74) is 7.84. The number of aliphatic imine (C=N–C) groups is 1. The van der Waals surface area contributed by atoms with E-state index in [0.717, 1.165) is 36.1 Å². The normalized spacial score (nSPS) is 25.6. The molecule has 4 rings (SSSR count). The molecular formula is C19H17Cl2FN2S. The minimum absolute atomic E-state index is 0.229. The van der Waals surface area contributed by atoms with Crippen LogP contribution >= 0.6 is 35.0 Å². The molecule has 0 unspecified atom stereocenters. The minimum atomic E-state index is -0.544. The summed E-state index contributed by atoms with van der Waals surface area (Å²) in [6, 6.07) is 10.5. The van der Waals surface area contributed by atoms with E-state index >= 15 is 0 Å². The van der Waals surface area contributed by atoms with Crippen LogP contribution in [0.3, 0.4) is 0 Å². The topological polar surface area (TPSA) is 38.4 Å². The molecule has 0 aromatic heterocycles. The maximum atomic E-state index is 14.8. The number of nitrogens with two attached hydrogens (primary N) is 1. The van der Waals surface area contributed by atoms with Crippen molar-refractivity contribution in [1.29, 1.82) is 0 Å². The third kappa shape index (κ3) is 3.05. The number of fused-ring (bicyclic) bond motifs is 1. The van der Waals surface area contributed by atoms with Gasteiger partial charge in [-0.1, -0.05) is 47.5 Å². The molecular weight excluding hydrogens is 378 g/mol. The molecule has 1 aliphatic heterocycles. The van der Waals surface area contributed by atoms with Crippen LogP contribution in [0.25, 0.3) is 11.1 Å². The number of rotatable bonds is 2. The molecule has 0 bridgehead atoms. The molecule has 0 spiro atoms. The van der Waals surface area contributed by atoms with Gasteiger partial charge in [-0.2, -0.15) is 0 Å². The number of benzene rings is 2. The molecule has 2 aromatic rings. The van der Waals surface area contributed by atoms with Gasteiger partial charge in [0.15, 0.2) is 5.17 Å². The van der Waals surface area contributed by atoms with E-state index in [1.165, 1.54) is 6.07 Å². The van der Waals surface area contributed by atoms with Crippen LogP contribution in [0.4, 0.5) is 4.39 Å². The SMILES string of the molecule is NC1=N[C@@]2(c3cc(-c4cc(Cl)cc(Cl)c4)ccc3F)CCC[C@H]2CS1. The van der Waals surface area contributed by atoms with Crippen molar-refractivity contribution in [1.82, 2.24) is 0 Å². The van der Waals surface area contributed by atoms with Crippen LogP contribution in [0.2, 0.25) is 10.0 Å². The summed E-state index contributed by atoms with van der Waals surface area (Å²) in [6.07, 6.45) is 2.92. The van der Waals surface area contributed by atoms with Gasteiger partial charge in [0.1, 0.15) is 5.82 Å². The van der Waals surface area contributed by atoms with Crippen molar-refractivity contribution in [3.63, 3.8) is 0 Å². The van der Waals surface area contributed by atoms with E-state index in [1.54, 1.807) is 23.9 Å². The second-order valence-corrected chi connectivity index (χ2v) is 8.54. The molecule has 0 saturated heterocycles. The summed E-state index contributed by atoms with van der Waals surface area (Å²) in [5, 5.41) is 1.66. The summed E-state index contributed by atoms with van der Waals surface area (Å²) in [5.74, 6) is 0.979. The lowest BCUT2D eigenvalue weighted by atomic mass is 9.80. The van der Waals surface area contributed by atoms with Gasteiger partial charge in [-0.15, -0.1) is 0 Å². The molecule has 6 heteroatoms. The molecule has 1 aliphatic carbocycles. The summed E-state index contributed by atoms with van der Waals surface area (Å²) < 4.78 is 14.8. The van der Waals surface area contributed by atoms with Crippen molar-refractivity contribution in [3.8, 4) is 11.1 Å². The molecule has 2 nitrogen and oxygen atoms in total. The summed E-state index contributed by atoms with van der Waals surface area (Å²) in [6.45, 7) is 0. The first-order chi connectivity index (χ1) is 12.0. The van der Waals surface area contributed by atoms with Crippen molar-refractivity contribution >= 4 is 40.1 Å². The van der Waals surface area contributed by atoms with Gasteiger partial charge in [-0.25, -0.2) is 4.39 Å². The van der Waals surface area contributed by atoms with Gasteiger partial charge in [0.05, 0.1) is 5.54 Å². The lowest BCUT2D eigenvalue weighted by Gasteiger charge is -2.36. The lowest BCUT2D eigenvalue weighted by Crippen LogP contribution is -2.37. The van der Waals surface area contributed by atoms with E-state index < -0.39 is 5.54 Å². The number of halogens is 3. The predicted molar refractivity (Wildman–Crippen MR) is 105 cm³/mol. The maximum Gasteiger partial charge on any atom is 0.154 e. The monoisotopic (exact) mass is 394 g/mol. The highest BCUT2D eigenvalue weighted by Gasteiger charge is 2.48. The van der Waals surface area contributed by atoms with Crippen molar-refractivity contribution < 1.29 is 4.39 Å². The quantitative estimate of drug-likeness (QED) is 0.692. The van der Waals surface area contributed by atoms with E-state index in [4.69, 9.17) is 33.9 Å². The van der Waals surface area contributed by atoms with Crippen LogP contribution < -0.4 is 5.73 Å². The zero-order valence-electron chi connectivity index (χ0n) is 13.4. The van der Waals surface area contributed by atoms with Crippen molar-refractivity contribution in [2.75, 3.05) is 5.75 Å². The van der Waals surface area contributed by atoms with E-state index in [2.05, 4.69) is 0 Å². The van der Waals surface area contributed by atoms with Crippen LogP contribution in [0.1, 0.15) is 24.8 Å². The van der Waals surface area contributed by atoms with E-state index in [1.807, 2.05) is 18.2 Å². The van der Waals surface area contributed by atoms with Crippen LogP contribution in [0.15, 0.2) is 41.4 Å². The molecule has 2 aromatic carbocycles. The van der Waals surface area contributed by atoms with Crippen LogP contribution in [-0.4, -0.2) is 10.9 Å². The fourth-order valence-electron chi connectivity index (χ4n) is 4.02. The molecule has 2 N–H and O–H groups in total. The molecule has 0 radical (unpaired) electrons. The molecule has 25 heavy (non-hydrogen) atoms. The first-order valence-electron chi connectivity index (χ1n) is 8.22. The maximum absolute atomic E-state index is 14.8. The number of nitrogens with zero attached hydrogens (tertiary/aromatic N) is 1. The highest BCUT2D eigenvalue weighted by molar-refractivity contribution is 8.13. The van der Waals surface area contributed by atoms with Crippen LogP contribution in [-0.2, 0) is 5.54 Å². The fourth-order valence-corrected chi connectivity index (χ4v) is 5.58. The minimum Gasteiger partial charge on any atom is -0.379 e. The third-order valence-electron chi connectivity index (χ3n) is 5.16. The Balaban J connectivity index is 1.87. The second kappa shape index (κ2) is 6.49. The first-order valence-corrected chi connectivity index (χ1v) is 9.97. The Morgan fingerprint density at radius 3 is 2.64 bits per heavy atom. The average Bonchev–Trinajstić information content (AvgIpc) is 2.98. The fraction of sp³-hybridized carbons (Fsp3) is 0.316. The Morgan fingerprint density at radius 1 is 1.12 bits per heavy atom. The van der Waals surface area contributed by atoms with Gasteiger partial charge in [0.2, 0.25) is 0 Å². The Bertz CT molecular complexity index is 850. The van der Waals surface area contributed by atoms with Crippen molar-refractivity contribution in [3.05, 3.63) is 57.8 Å². The van der Waals surface area contributed by atoms with Crippen LogP contribution in [0.5, 0.6) is 0 Å². The Kier molecular flexibility index (Phi) is 4.47. The lowest BCUT2D eigenvalue weighted by molar-refractivity contribution is 0.341. The molecule has 1 saturated carbocycles. The van der Waals surface area contributed by atoms with Crippen molar-refractivity contribution in [2.45, 2.75) is 24.8 Å². The summed E-state index contributed by atoms with van der Waals surface area (Å²) in [4.78, 5) is 4.74. The standard InChI is InChI=1S/C19H17Cl2FN2S/c20-14-6-12(7-15(21)9-14)11-3-4-17(22)16(8-11)19-5-1-2-13(19)10-25-18(23)24-19/h3-4,6-9,13H,1-2,5,10H2,(H2,23,24)/t13-,19-/m0/s1. The van der Waals surface area contributed by atoms with E-state index in [-0.39, 0.29) is 5.82 Å². The number of hydrogen-bond donors (Lipinski definition) is 1. The molecule has 130 valence electrons. The highest BCUT2D eigenvalue weighted by Crippen LogP contribution is 2.51. The molecule has 1 heterocycles. The summed E-state index contributed by atoms with van der Waals surface area (Å²) >= 11 is 13.8. The predicted octanol–water partition coefficient (Wildman–Crippen LogP) is 5.86. The zero-order valence-corrected chi connectivity index (χ0v) is 15.8. The summed E-state index contributed by atoms with van der Waals surface area (Å²) in [7, 11) is 0. The van der Waals surface area contributed by atoms with E-state index in [9.17, 15) is 4.39 Å². The largest absolute Gasteiger partial charge is 0.379 e. The number of hydrogen-bond acceptors (Lipinski definition) is 3. The van der Waals surface area contributed by atoms with Gasteiger partial charge >= 0.3 is 0 Å². The number of thioether (sulfide) groups is 1. The Hall–Kier alpha value is -1.23. The highest BCUT2D eigenvalue weighted by atomic mass is 35.5. The zero-order chi connectivity index (χ0) is 17.6. The van der Waals surface area contributed by atoms with Gasteiger partial charge in [-0.05, 0) is 60.2 Å². The number of amidine groups is 1. The molecule has 2 aliphatic rings. The molecule has 0 amide bonds. The average molecular weight is 395 g/mol. The van der Waals surface area contributed by atoms with E-state index in [0.29, 0.717) is 26.7 Å². The third-order valence-corrected chi connectivity index (χ3v) is 6.55. The van der Waals surface area contributed by atoms with Crippen molar-refractivity contribution in [2.24, 2.45) is 16.6 Å². The second-order valence-electron chi connectivity index (χ2n) is 6.63.